The van der Waals surface area contributed by atoms with Gasteiger partial charge in [-0.3, -0.25) is 14.9 Å². The van der Waals surface area contributed by atoms with Crippen molar-refractivity contribution in [3.63, 3.8) is 0 Å². The van der Waals surface area contributed by atoms with Gasteiger partial charge in [-0.1, -0.05) is 13.3 Å². The van der Waals surface area contributed by atoms with Crippen LogP contribution in [0, 0.1) is 5.92 Å². The van der Waals surface area contributed by atoms with E-state index in [1.54, 1.807) is 4.90 Å². The van der Waals surface area contributed by atoms with Crippen molar-refractivity contribution < 1.29 is 19.5 Å². The number of carboxylic acid groups (broad SMARTS) is 1. The van der Waals surface area contributed by atoms with E-state index in [4.69, 9.17) is 5.11 Å². The lowest BCUT2D eigenvalue weighted by molar-refractivity contribution is -0.137. The summed E-state index contributed by atoms with van der Waals surface area (Å²) in [5, 5.41) is 10.9. The molecule has 0 aliphatic carbocycles. The van der Waals surface area contributed by atoms with Gasteiger partial charge < -0.3 is 10.0 Å². The molecule has 0 aromatic heterocycles. The molecule has 0 bridgehead atoms. The number of rotatable bonds is 6. The summed E-state index contributed by atoms with van der Waals surface area (Å²) in [6.07, 6.45) is 4.38. The highest BCUT2D eigenvalue weighted by Crippen LogP contribution is 2.18. The van der Waals surface area contributed by atoms with E-state index in [1.165, 1.54) is 0 Å². The van der Waals surface area contributed by atoms with Crippen molar-refractivity contribution in [1.82, 2.24) is 10.2 Å². The second kappa shape index (κ2) is 8.55. The van der Waals surface area contributed by atoms with Crippen LogP contribution in [0.15, 0.2) is 0 Å². The molecule has 1 aliphatic heterocycles. The first-order chi connectivity index (χ1) is 9.52. The van der Waals surface area contributed by atoms with E-state index < -0.39 is 5.97 Å². The molecule has 0 aromatic rings. The first kappa shape index (κ1) is 16.5. The van der Waals surface area contributed by atoms with E-state index >= 15 is 0 Å². The molecule has 0 radical (unpaired) electrons. The van der Waals surface area contributed by atoms with Gasteiger partial charge in [0.15, 0.2) is 0 Å². The van der Waals surface area contributed by atoms with Crippen molar-refractivity contribution in [2.75, 3.05) is 13.1 Å². The molecule has 3 amide bonds. The molecule has 114 valence electrons. The Balaban J connectivity index is 2.23. The zero-order valence-electron chi connectivity index (χ0n) is 12.1. The SMILES string of the molecule is CCC1CCCN(C(=O)NC(=O)CCCCC(=O)O)C1. The number of amides is 3. The first-order valence-corrected chi connectivity index (χ1v) is 7.33. The fraction of sp³-hybridized carbons (Fsp3) is 0.786. The number of aliphatic carboxylic acids is 1. The zero-order chi connectivity index (χ0) is 15.0. The van der Waals surface area contributed by atoms with Crippen LogP contribution in [0.5, 0.6) is 0 Å². The maximum atomic E-state index is 11.9. The van der Waals surface area contributed by atoms with Gasteiger partial charge >= 0.3 is 12.0 Å². The summed E-state index contributed by atoms with van der Waals surface area (Å²) in [6.45, 7) is 3.53. The molecule has 1 aliphatic rings. The van der Waals surface area contributed by atoms with E-state index in [0.29, 0.717) is 31.8 Å². The summed E-state index contributed by atoms with van der Waals surface area (Å²) in [5.41, 5.74) is 0. The monoisotopic (exact) mass is 284 g/mol. The Kier molecular flexibility index (Phi) is 7.04. The van der Waals surface area contributed by atoms with E-state index in [9.17, 15) is 14.4 Å². The van der Waals surface area contributed by atoms with Crippen LogP contribution in [0.1, 0.15) is 51.9 Å². The van der Waals surface area contributed by atoms with Crippen molar-refractivity contribution in [2.24, 2.45) is 5.92 Å². The van der Waals surface area contributed by atoms with Crippen molar-refractivity contribution >= 4 is 17.9 Å². The first-order valence-electron chi connectivity index (χ1n) is 7.33. The molecule has 1 fully saturated rings. The number of piperidine rings is 1. The molecule has 6 nitrogen and oxygen atoms in total. The van der Waals surface area contributed by atoms with Gasteiger partial charge in [-0.25, -0.2) is 4.79 Å². The molecule has 0 spiro atoms. The number of carbonyl (C=O) groups is 3. The smallest absolute Gasteiger partial charge is 0.324 e. The van der Waals surface area contributed by atoms with Gasteiger partial charge in [0.1, 0.15) is 0 Å². The highest BCUT2D eigenvalue weighted by atomic mass is 16.4. The van der Waals surface area contributed by atoms with E-state index in [2.05, 4.69) is 12.2 Å². The largest absolute Gasteiger partial charge is 0.481 e. The van der Waals surface area contributed by atoms with E-state index in [-0.39, 0.29) is 24.8 Å². The highest BCUT2D eigenvalue weighted by Gasteiger charge is 2.23. The van der Waals surface area contributed by atoms with Crippen LogP contribution in [0.2, 0.25) is 0 Å². The topological polar surface area (TPSA) is 86.7 Å². The Labute approximate surface area is 119 Å². The lowest BCUT2D eigenvalue weighted by Gasteiger charge is -2.32. The fourth-order valence-corrected chi connectivity index (χ4v) is 2.41. The van der Waals surface area contributed by atoms with Gasteiger partial charge in [0.2, 0.25) is 5.91 Å². The minimum Gasteiger partial charge on any atom is -0.481 e. The standard InChI is InChI=1S/C14H24N2O4/c1-2-11-6-5-9-16(10-11)14(20)15-12(17)7-3-4-8-13(18)19/h11H,2-10H2,1H3,(H,18,19)(H,15,17,20). The summed E-state index contributed by atoms with van der Waals surface area (Å²) in [7, 11) is 0. The third-order valence-electron chi connectivity index (χ3n) is 3.67. The van der Waals surface area contributed by atoms with Gasteiger partial charge in [0.05, 0.1) is 0 Å². The number of nitrogens with one attached hydrogen (secondary N) is 1. The summed E-state index contributed by atoms with van der Waals surface area (Å²) in [5.74, 6) is -0.653. The minimum atomic E-state index is -0.861. The fourth-order valence-electron chi connectivity index (χ4n) is 2.41. The molecule has 20 heavy (non-hydrogen) atoms. The van der Waals surface area contributed by atoms with Crippen molar-refractivity contribution in [1.29, 1.82) is 0 Å². The minimum absolute atomic E-state index is 0.0610. The lowest BCUT2D eigenvalue weighted by atomic mass is 9.96. The summed E-state index contributed by atoms with van der Waals surface area (Å²) in [4.78, 5) is 35.5. The van der Waals surface area contributed by atoms with E-state index in [1.807, 2.05) is 0 Å². The number of likely N-dealkylation sites (tertiary alicyclic amines) is 1. The summed E-state index contributed by atoms with van der Waals surface area (Å²) >= 11 is 0. The number of unbranched alkanes of at least 4 members (excludes halogenated alkanes) is 1. The van der Waals surface area contributed by atoms with Crippen LogP contribution in [-0.4, -0.2) is 41.0 Å². The Morgan fingerprint density at radius 3 is 2.60 bits per heavy atom. The van der Waals surface area contributed by atoms with Gasteiger partial charge in [-0.2, -0.15) is 0 Å². The van der Waals surface area contributed by atoms with Crippen LogP contribution in [0.25, 0.3) is 0 Å². The van der Waals surface area contributed by atoms with Crippen LogP contribution in [-0.2, 0) is 9.59 Å². The number of imide groups is 1. The number of carboxylic acids is 1. The van der Waals surface area contributed by atoms with Crippen LogP contribution in [0.3, 0.4) is 0 Å². The van der Waals surface area contributed by atoms with Crippen LogP contribution >= 0.6 is 0 Å². The van der Waals surface area contributed by atoms with Crippen molar-refractivity contribution in [3.8, 4) is 0 Å². The predicted octanol–water partition coefficient (Wildman–Crippen LogP) is 1.99. The van der Waals surface area contributed by atoms with Crippen LogP contribution in [0.4, 0.5) is 4.79 Å². The molecule has 6 heteroatoms. The zero-order valence-corrected chi connectivity index (χ0v) is 12.1. The van der Waals surface area contributed by atoms with Gasteiger partial charge in [-0.05, 0) is 31.6 Å². The molecule has 1 rings (SSSR count). The molecule has 2 N–H and O–H groups in total. The van der Waals surface area contributed by atoms with Crippen molar-refractivity contribution in [2.45, 2.75) is 51.9 Å². The second-order valence-corrected chi connectivity index (χ2v) is 5.32. The maximum absolute atomic E-state index is 11.9. The molecule has 0 saturated carbocycles. The number of nitrogens with zero attached hydrogens (tertiary/aromatic N) is 1. The second-order valence-electron chi connectivity index (χ2n) is 5.32. The Morgan fingerprint density at radius 1 is 1.25 bits per heavy atom. The Bertz CT molecular complexity index is 357. The van der Waals surface area contributed by atoms with Crippen LogP contribution < -0.4 is 5.32 Å². The lowest BCUT2D eigenvalue weighted by Crippen LogP contribution is -2.47. The molecule has 1 unspecified atom stereocenters. The number of carbonyl (C=O) groups excluding carboxylic acids is 2. The summed E-state index contributed by atoms with van der Waals surface area (Å²) < 4.78 is 0. The summed E-state index contributed by atoms with van der Waals surface area (Å²) in [6, 6.07) is -0.314. The van der Waals surface area contributed by atoms with Gasteiger partial charge in [-0.15, -0.1) is 0 Å². The van der Waals surface area contributed by atoms with Gasteiger partial charge in [0, 0.05) is 25.9 Å². The molecule has 1 heterocycles. The predicted molar refractivity (Wildman–Crippen MR) is 74.2 cm³/mol. The Morgan fingerprint density at radius 2 is 1.95 bits per heavy atom. The normalized spacial score (nSPS) is 18.6. The number of hydrogen-bond donors (Lipinski definition) is 2. The number of urea groups is 1. The molecule has 0 aromatic carbocycles. The van der Waals surface area contributed by atoms with Gasteiger partial charge in [0.25, 0.3) is 0 Å². The van der Waals surface area contributed by atoms with E-state index in [0.717, 1.165) is 19.3 Å². The average molecular weight is 284 g/mol. The quantitative estimate of drug-likeness (QED) is 0.730. The van der Waals surface area contributed by atoms with Crippen molar-refractivity contribution in [3.05, 3.63) is 0 Å². The third kappa shape index (κ3) is 6.04. The molecule has 1 saturated heterocycles. The molecular weight excluding hydrogens is 260 g/mol. The average Bonchev–Trinajstić information content (AvgIpc) is 2.43. The molecule has 1 atom stereocenters. The number of hydrogen-bond acceptors (Lipinski definition) is 3. The maximum Gasteiger partial charge on any atom is 0.324 e. The molecular formula is C14H24N2O4. The Hall–Kier alpha value is -1.59. The highest BCUT2D eigenvalue weighted by molar-refractivity contribution is 5.94. The third-order valence-corrected chi connectivity index (χ3v) is 3.67.